The second-order valence-electron chi connectivity index (χ2n) is 3.86. The fourth-order valence-electron chi connectivity index (χ4n) is 1.74. The van der Waals surface area contributed by atoms with Crippen LogP contribution in [0.1, 0.15) is 5.69 Å². The number of halogens is 1. The second-order valence-corrected chi connectivity index (χ2v) is 4.27. The molecule has 0 saturated carbocycles. The summed E-state index contributed by atoms with van der Waals surface area (Å²) in [6.45, 7) is 0.354. The van der Waals surface area contributed by atoms with Crippen LogP contribution in [-0.2, 0) is 11.3 Å². The number of nitrogens with zero attached hydrogens (tertiary/aromatic N) is 2. The lowest BCUT2D eigenvalue weighted by Crippen LogP contribution is -2.02. The van der Waals surface area contributed by atoms with Gasteiger partial charge in [-0.15, -0.1) is 0 Å². The third-order valence-electron chi connectivity index (χ3n) is 2.51. The Morgan fingerprint density at radius 3 is 2.74 bits per heavy atom. The molecular weight excluding hydrogens is 266 g/mol. The predicted molar refractivity (Wildman–Crippen MR) is 74.2 cm³/mol. The minimum atomic E-state index is 0.354. The molecule has 2 rings (SSSR count). The van der Waals surface area contributed by atoms with Crippen molar-refractivity contribution in [2.75, 3.05) is 20.0 Å². The number of nitrogens with two attached hydrogens (primary N) is 1. The molecule has 0 fully saturated rings. The normalized spacial score (nSPS) is 10.5. The molecule has 2 aromatic rings. The van der Waals surface area contributed by atoms with E-state index in [0.29, 0.717) is 40.3 Å². The van der Waals surface area contributed by atoms with Gasteiger partial charge in [-0.1, -0.05) is 17.7 Å². The van der Waals surface area contributed by atoms with E-state index < -0.39 is 0 Å². The average molecular weight is 280 g/mol. The Hall–Kier alpha value is -1.85. The molecule has 0 aliphatic rings. The number of nitrogen functional groups attached to an aromatic ring is 1. The zero-order valence-corrected chi connectivity index (χ0v) is 11.4. The van der Waals surface area contributed by atoms with Crippen LogP contribution in [0.4, 0.5) is 5.82 Å². The number of methoxy groups -OCH3 is 2. The zero-order valence-electron chi connectivity index (χ0n) is 10.7. The van der Waals surface area contributed by atoms with Gasteiger partial charge < -0.3 is 15.2 Å². The molecule has 5 nitrogen and oxygen atoms in total. The van der Waals surface area contributed by atoms with E-state index >= 15 is 0 Å². The summed E-state index contributed by atoms with van der Waals surface area (Å²) >= 11 is 6.19. The van der Waals surface area contributed by atoms with E-state index in [9.17, 15) is 0 Å². The van der Waals surface area contributed by atoms with E-state index in [4.69, 9.17) is 26.8 Å². The number of hydrogen-bond donors (Lipinski definition) is 1. The highest BCUT2D eigenvalue weighted by Gasteiger charge is 2.14. The highest BCUT2D eigenvalue weighted by molar-refractivity contribution is 6.33. The van der Waals surface area contributed by atoms with Crippen molar-refractivity contribution < 1.29 is 9.47 Å². The summed E-state index contributed by atoms with van der Waals surface area (Å²) in [5, 5.41) is 0.508. The molecule has 0 aliphatic carbocycles. The van der Waals surface area contributed by atoms with Crippen LogP contribution in [0, 0.1) is 0 Å². The first-order valence-electron chi connectivity index (χ1n) is 5.61. The second kappa shape index (κ2) is 5.86. The standard InChI is InChI=1S/C13H14ClN3O2/c1-18-7-8-6-11(15)17-13(16-8)12-9(14)4-3-5-10(12)19-2/h3-6H,7H2,1-2H3,(H2,15,16,17). The topological polar surface area (TPSA) is 70.3 Å². The van der Waals surface area contributed by atoms with Crippen LogP contribution in [0.5, 0.6) is 5.75 Å². The molecule has 0 unspecified atom stereocenters. The third-order valence-corrected chi connectivity index (χ3v) is 2.83. The summed E-state index contributed by atoms with van der Waals surface area (Å²) in [5.41, 5.74) is 7.09. The summed E-state index contributed by atoms with van der Waals surface area (Å²) in [5.74, 6) is 1.38. The molecule has 0 aliphatic heterocycles. The Morgan fingerprint density at radius 2 is 2.05 bits per heavy atom. The molecule has 2 N–H and O–H groups in total. The fraction of sp³-hybridized carbons (Fsp3) is 0.231. The molecule has 0 bridgehead atoms. The van der Waals surface area contributed by atoms with Gasteiger partial charge in [0.1, 0.15) is 11.6 Å². The third kappa shape index (κ3) is 2.94. The van der Waals surface area contributed by atoms with Crippen molar-refractivity contribution in [3.05, 3.63) is 35.0 Å². The van der Waals surface area contributed by atoms with Gasteiger partial charge in [0, 0.05) is 13.2 Å². The maximum atomic E-state index is 6.19. The zero-order chi connectivity index (χ0) is 13.8. The SMILES string of the molecule is COCc1cc(N)nc(-c2c(Cl)cccc2OC)n1. The first-order valence-corrected chi connectivity index (χ1v) is 5.98. The van der Waals surface area contributed by atoms with Crippen molar-refractivity contribution in [2.24, 2.45) is 0 Å². The first-order chi connectivity index (χ1) is 9.15. The molecule has 0 radical (unpaired) electrons. The van der Waals surface area contributed by atoms with Gasteiger partial charge in [-0.05, 0) is 12.1 Å². The Morgan fingerprint density at radius 1 is 1.26 bits per heavy atom. The van der Waals surface area contributed by atoms with Gasteiger partial charge >= 0.3 is 0 Å². The Labute approximate surface area is 116 Å². The first kappa shape index (κ1) is 13.6. The average Bonchev–Trinajstić information content (AvgIpc) is 2.38. The molecule has 0 atom stereocenters. The number of ether oxygens (including phenoxy) is 2. The van der Waals surface area contributed by atoms with Crippen molar-refractivity contribution in [3.63, 3.8) is 0 Å². The largest absolute Gasteiger partial charge is 0.496 e. The van der Waals surface area contributed by atoms with Gasteiger partial charge in [-0.2, -0.15) is 0 Å². The smallest absolute Gasteiger partial charge is 0.167 e. The Balaban J connectivity index is 2.58. The summed E-state index contributed by atoms with van der Waals surface area (Å²) in [4.78, 5) is 8.58. The number of hydrogen-bond acceptors (Lipinski definition) is 5. The van der Waals surface area contributed by atoms with E-state index in [1.807, 2.05) is 0 Å². The molecule has 19 heavy (non-hydrogen) atoms. The summed E-state index contributed by atoms with van der Waals surface area (Å²) in [7, 11) is 3.16. The van der Waals surface area contributed by atoms with Gasteiger partial charge in [0.05, 0.1) is 30.0 Å². The predicted octanol–water partition coefficient (Wildman–Crippen LogP) is 2.53. The molecule has 0 spiro atoms. The molecule has 1 aromatic heterocycles. The van der Waals surface area contributed by atoms with Gasteiger partial charge in [0.25, 0.3) is 0 Å². The van der Waals surface area contributed by atoms with Crippen molar-refractivity contribution in [1.82, 2.24) is 9.97 Å². The highest BCUT2D eigenvalue weighted by Crippen LogP contribution is 2.34. The maximum Gasteiger partial charge on any atom is 0.167 e. The van der Waals surface area contributed by atoms with E-state index in [1.165, 1.54) is 0 Å². The van der Waals surface area contributed by atoms with Gasteiger partial charge in [-0.25, -0.2) is 9.97 Å². The van der Waals surface area contributed by atoms with Crippen molar-refractivity contribution in [1.29, 1.82) is 0 Å². The van der Waals surface area contributed by atoms with Crippen molar-refractivity contribution in [2.45, 2.75) is 6.61 Å². The van der Waals surface area contributed by atoms with Crippen molar-refractivity contribution >= 4 is 17.4 Å². The lowest BCUT2D eigenvalue weighted by Gasteiger charge is -2.10. The molecule has 1 heterocycles. The number of aromatic nitrogens is 2. The highest BCUT2D eigenvalue weighted by atomic mass is 35.5. The van der Waals surface area contributed by atoms with Crippen molar-refractivity contribution in [3.8, 4) is 17.1 Å². The maximum absolute atomic E-state index is 6.19. The number of anilines is 1. The quantitative estimate of drug-likeness (QED) is 0.931. The fourth-order valence-corrected chi connectivity index (χ4v) is 1.99. The van der Waals surface area contributed by atoms with E-state index in [2.05, 4.69) is 9.97 Å². The molecule has 0 saturated heterocycles. The Kier molecular flexibility index (Phi) is 4.19. The van der Waals surface area contributed by atoms with E-state index in [1.54, 1.807) is 38.5 Å². The number of rotatable bonds is 4. The molecule has 100 valence electrons. The van der Waals surface area contributed by atoms with Gasteiger partial charge in [0.2, 0.25) is 0 Å². The summed E-state index contributed by atoms with van der Waals surface area (Å²) in [6, 6.07) is 7.01. The monoisotopic (exact) mass is 279 g/mol. The lowest BCUT2D eigenvalue weighted by molar-refractivity contribution is 0.181. The summed E-state index contributed by atoms with van der Waals surface area (Å²) in [6.07, 6.45) is 0. The van der Waals surface area contributed by atoms with Crippen LogP contribution >= 0.6 is 11.6 Å². The molecular formula is C13H14ClN3O2. The van der Waals surface area contributed by atoms with Crippen LogP contribution in [0.15, 0.2) is 24.3 Å². The van der Waals surface area contributed by atoms with Crippen LogP contribution in [0.2, 0.25) is 5.02 Å². The minimum Gasteiger partial charge on any atom is -0.496 e. The molecule has 6 heteroatoms. The van der Waals surface area contributed by atoms with Crippen LogP contribution < -0.4 is 10.5 Å². The Bertz CT molecular complexity index is 590. The molecule has 1 aromatic carbocycles. The minimum absolute atomic E-state index is 0.354. The van der Waals surface area contributed by atoms with E-state index in [-0.39, 0.29) is 0 Å². The van der Waals surface area contributed by atoms with E-state index in [0.717, 1.165) is 0 Å². The van der Waals surface area contributed by atoms with Gasteiger partial charge in [0.15, 0.2) is 5.82 Å². The van der Waals surface area contributed by atoms with Crippen LogP contribution in [-0.4, -0.2) is 24.2 Å². The molecule has 0 amide bonds. The summed E-state index contributed by atoms with van der Waals surface area (Å²) < 4.78 is 10.3. The van der Waals surface area contributed by atoms with Crippen LogP contribution in [0.3, 0.4) is 0 Å². The number of benzene rings is 1. The van der Waals surface area contributed by atoms with Crippen LogP contribution in [0.25, 0.3) is 11.4 Å². The lowest BCUT2D eigenvalue weighted by atomic mass is 10.2. The van der Waals surface area contributed by atoms with Gasteiger partial charge in [-0.3, -0.25) is 0 Å².